The smallest absolute Gasteiger partial charge is 0.414 e. The molecule has 26 heavy (non-hydrogen) atoms. The van der Waals surface area contributed by atoms with Gasteiger partial charge in [0.1, 0.15) is 6.04 Å². The Kier molecular flexibility index (Phi) is 5.37. The zero-order valence-corrected chi connectivity index (χ0v) is 15.0. The first-order valence-corrected chi connectivity index (χ1v) is 8.54. The fourth-order valence-electron chi connectivity index (χ4n) is 3.11. The monoisotopic (exact) mass is 350 g/mol. The van der Waals surface area contributed by atoms with Crippen LogP contribution in [0.4, 0.5) is 4.79 Å². The van der Waals surface area contributed by atoms with Gasteiger partial charge in [0.15, 0.2) is 0 Å². The molecule has 1 aliphatic heterocycles. The minimum Gasteiger partial charge on any atom is -0.452 e. The molecule has 3 rings (SSSR count). The summed E-state index contributed by atoms with van der Waals surface area (Å²) >= 11 is 0. The van der Waals surface area contributed by atoms with Crippen molar-refractivity contribution < 1.29 is 14.3 Å². The lowest BCUT2D eigenvalue weighted by Gasteiger charge is -2.38. The van der Waals surface area contributed by atoms with E-state index >= 15 is 0 Å². The molecule has 0 fully saturated rings. The molecule has 0 N–H and O–H groups in total. The summed E-state index contributed by atoms with van der Waals surface area (Å²) in [7, 11) is 1.33. The minimum atomic E-state index is -0.628. The van der Waals surface area contributed by atoms with E-state index in [-0.39, 0.29) is 5.91 Å². The van der Waals surface area contributed by atoms with Crippen LogP contribution in [0, 0.1) is 0 Å². The summed E-state index contributed by atoms with van der Waals surface area (Å²) in [5, 5.41) is 0. The molecule has 0 aromatic heterocycles. The van der Waals surface area contributed by atoms with Crippen LogP contribution in [0.15, 0.2) is 72.6 Å². The normalized spacial score (nSPS) is 17.1. The van der Waals surface area contributed by atoms with Crippen molar-refractivity contribution in [1.82, 2.24) is 9.80 Å². The Bertz CT molecular complexity index is 803. The lowest BCUT2D eigenvalue weighted by molar-refractivity contribution is -0.135. The summed E-state index contributed by atoms with van der Waals surface area (Å²) in [5.74, 6) is -0.108. The average molecular weight is 350 g/mol. The van der Waals surface area contributed by atoms with Gasteiger partial charge in [0.2, 0.25) is 0 Å². The summed E-state index contributed by atoms with van der Waals surface area (Å²) < 4.78 is 4.88. The maximum atomic E-state index is 13.2. The maximum Gasteiger partial charge on any atom is 0.414 e. The predicted molar refractivity (Wildman–Crippen MR) is 98.9 cm³/mol. The summed E-state index contributed by atoms with van der Waals surface area (Å²) in [5.41, 5.74) is 2.75. The molecule has 134 valence electrons. The second kappa shape index (κ2) is 7.87. The molecule has 2 amide bonds. The van der Waals surface area contributed by atoms with Gasteiger partial charge in [-0.25, -0.2) is 4.79 Å². The molecule has 0 unspecified atom stereocenters. The number of nitrogens with zero attached hydrogens (tertiary/aromatic N) is 2. The van der Waals surface area contributed by atoms with Gasteiger partial charge in [-0.1, -0.05) is 60.7 Å². The van der Waals surface area contributed by atoms with E-state index in [1.54, 1.807) is 11.1 Å². The van der Waals surface area contributed by atoms with Crippen molar-refractivity contribution in [2.45, 2.75) is 25.9 Å². The van der Waals surface area contributed by atoms with Crippen molar-refractivity contribution in [3.05, 3.63) is 83.7 Å². The number of benzene rings is 2. The molecule has 0 radical (unpaired) electrons. The highest BCUT2D eigenvalue weighted by Crippen LogP contribution is 2.24. The second-order valence-electron chi connectivity index (χ2n) is 6.26. The van der Waals surface area contributed by atoms with E-state index in [2.05, 4.69) is 0 Å². The predicted octanol–water partition coefficient (Wildman–Crippen LogP) is 3.57. The Morgan fingerprint density at radius 2 is 1.58 bits per heavy atom. The number of amides is 2. The molecule has 2 aromatic carbocycles. The quantitative estimate of drug-likeness (QED) is 0.847. The van der Waals surface area contributed by atoms with Crippen molar-refractivity contribution >= 4 is 12.0 Å². The van der Waals surface area contributed by atoms with Gasteiger partial charge in [0.05, 0.1) is 13.7 Å². The summed E-state index contributed by atoms with van der Waals surface area (Å²) in [6.45, 7) is 2.30. The number of carbonyl (C=O) groups excluding carboxylic acids is 2. The van der Waals surface area contributed by atoms with Gasteiger partial charge in [-0.05, 0) is 18.1 Å². The van der Waals surface area contributed by atoms with Crippen molar-refractivity contribution in [2.24, 2.45) is 0 Å². The molecule has 1 atom stereocenters. The van der Waals surface area contributed by atoms with E-state index in [1.807, 2.05) is 67.6 Å². The summed E-state index contributed by atoms with van der Waals surface area (Å²) in [4.78, 5) is 28.5. The van der Waals surface area contributed by atoms with E-state index in [1.165, 1.54) is 12.0 Å². The maximum absolute atomic E-state index is 13.2. The number of carbonyl (C=O) groups is 2. The third-order valence-electron chi connectivity index (χ3n) is 4.48. The molecule has 0 bridgehead atoms. The van der Waals surface area contributed by atoms with Crippen molar-refractivity contribution in [3.63, 3.8) is 0 Å². The number of hydrogen-bond acceptors (Lipinski definition) is 3. The number of hydrogen-bond donors (Lipinski definition) is 0. The molecule has 0 aliphatic carbocycles. The van der Waals surface area contributed by atoms with Crippen LogP contribution in [0.1, 0.15) is 18.1 Å². The molecule has 0 spiro atoms. The van der Waals surface area contributed by atoms with Crippen LogP contribution in [0.3, 0.4) is 0 Å². The second-order valence-corrected chi connectivity index (χ2v) is 6.26. The SMILES string of the molecule is COC(=O)N1C=C(C)N(Cc2ccccc2)C(=O)[C@@H]1Cc1ccccc1. The topological polar surface area (TPSA) is 49.9 Å². The first kappa shape index (κ1) is 17.7. The molecule has 1 aliphatic rings. The fraction of sp³-hybridized carbons (Fsp3) is 0.238. The van der Waals surface area contributed by atoms with Gasteiger partial charge >= 0.3 is 6.09 Å². The molecule has 0 saturated carbocycles. The van der Waals surface area contributed by atoms with Crippen LogP contribution in [0.5, 0.6) is 0 Å². The highest BCUT2D eigenvalue weighted by molar-refractivity contribution is 5.89. The first-order valence-electron chi connectivity index (χ1n) is 8.54. The van der Waals surface area contributed by atoms with Crippen LogP contribution in [0.2, 0.25) is 0 Å². The standard InChI is InChI=1S/C21H22N2O3/c1-16-14-23(21(25)26-2)19(13-17-9-5-3-6-10-17)20(24)22(16)15-18-11-7-4-8-12-18/h3-12,14,19H,13,15H2,1-2H3/t19-/m0/s1. The largest absolute Gasteiger partial charge is 0.452 e. The number of methoxy groups -OCH3 is 1. The Morgan fingerprint density at radius 1 is 1.00 bits per heavy atom. The van der Waals surface area contributed by atoms with E-state index in [9.17, 15) is 9.59 Å². The minimum absolute atomic E-state index is 0.108. The van der Waals surface area contributed by atoms with Gasteiger partial charge in [-0.15, -0.1) is 0 Å². The van der Waals surface area contributed by atoms with E-state index in [4.69, 9.17) is 4.74 Å². The van der Waals surface area contributed by atoms with E-state index in [0.29, 0.717) is 18.7 Å². The molecule has 2 aromatic rings. The summed E-state index contributed by atoms with van der Waals surface area (Å²) in [6.07, 6.45) is 1.60. The van der Waals surface area contributed by atoms with E-state index in [0.717, 1.165) is 11.1 Å². The molecule has 1 heterocycles. The Morgan fingerprint density at radius 3 is 2.15 bits per heavy atom. The zero-order chi connectivity index (χ0) is 18.5. The highest BCUT2D eigenvalue weighted by atomic mass is 16.5. The van der Waals surface area contributed by atoms with Crippen LogP contribution < -0.4 is 0 Å². The molecule has 0 saturated heterocycles. The van der Waals surface area contributed by atoms with Gasteiger partial charge in [0, 0.05) is 18.3 Å². The average Bonchev–Trinajstić information content (AvgIpc) is 2.68. The van der Waals surface area contributed by atoms with Crippen molar-refractivity contribution in [2.75, 3.05) is 7.11 Å². The Labute approximate surface area is 153 Å². The Hall–Kier alpha value is -3.08. The molecule has 5 nitrogen and oxygen atoms in total. The third-order valence-corrected chi connectivity index (χ3v) is 4.48. The van der Waals surface area contributed by atoms with Crippen LogP contribution in [0.25, 0.3) is 0 Å². The molecular formula is C21H22N2O3. The number of rotatable bonds is 4. The highest BCUT2D eigenvalue weighted by Gasteiger charge is 2.37. The van der Waals surface area contributed by atoms with Crippen molar-refractivity contribution in [1.29, 1.82) is 0 Å². The third kappa shape index (κ3) is 3.77. The zero-order valence-electron chi connectivity index (χ0n) is 15.0. The lowest BCUT2D eigenvalue weighted by atomic mass is 10.0. The van der Waals surface area contributed by atoms with Crippen LogP contribution >= 0.6 is 0 Å². The van der Waals surface area contributed by atoms with Gasteiger partial charge < -0.3 is 9.64 Å². The lowest BCUT2D eigenvalue weighted by Crippen LogP contribution is -2.53. The molecule has 5 heteroatoms. The van der Waals surface area contributed by atoms with Gasteiger partial charge in [-0.3, -0.25) is 9.69 Å². The Balaban J connectivity index is 1.91. The number of ether oxygens (including phenoxy) is 1. The van der Waals surface area contributed by atoms with Gasteiger partial charge in [-0.2, -0.15) is 0 Å². The van der Waals surface area contributed by atoms with E-state index < -0.39 is 12.1 Å². The first-order chi connectivity index (χ1) is 12.6. The summed E-state index contributed by atoms with van der Waals surface area (Å²) in [6, 6.07) is 18.9. The van der Waals surface area contributed by atoms with Gasteiger partial charge in [0.25, 0.3) is 5.91 Å². The van der Waals surface area contributed by atoms with Crippen LogP contribution in [-0.4, -0.2) is 35.0 Å². The van der Waals surface area contributed by atoms with Crippen molar-refractivity contribution in [3.8, 4) is 0 Å². The van der Waals surface area contributed by atoms with Crippen LogP contribution in [-0.2, 0) is 22.5 Å². The fourth-order valence-corrected chi connectivity index (χ4v) is 3.11. The number of allylic oxidation sites excluding steroid dienone is 1. The molecular weight excluding hydrogens is 328 g/mol.